The Labute approximate surface area is 227 Å². The van der Waals surface area contributed by atoms with Crippen molar-refractivity contribution in [2.24, 2.45) is 0 Å². The predicted octanol–water partition coefficient (Wildman–Crippen LogP) is 4.77. The number of nitrogens with zero attached hydrogens (tertiary/aromatic N) is 4. The lowest BCUT2D eigenvalue weighted by atomic mass is 10.0. The molecule has 1 aromatic heterocycles. The molecule has 38 heavy (non-hydrogen) atoms. The number of carbonyl (C=O) groups excluding carboxylic acids is 1. The number of fused-ring (bicyclic) bond motifs is 3. The first-order valence-electron chi connectivity index (χ1n) is 12.3. The third kappa shape index (κ3) is 5.22. The van der Waals surface area contributed by atoms with Crippen LogP contribution in [0.2, 0.25) is 5.02 Å². The van der Waals surface area contributed by atoms with Crippen molar-refractivity contribution in [1.82, 2.24) is 14.9 Å². The average Bonchev–Trinajstić information content (AvgIpc) is 2.89. The highest BCUT2D eigenvalue weighted by Gasteiger charge is 2.35. The standard InChI is InChI=1S/C27H30ClN6O3P/c1-5-24(35)33-10-11-34-19(15-33)16-37-22-13-18(12-17(2)25(22)34)30-27-29-14-20(28)26(32-27)31-21-8-6-7-9-23(21)38(3,4)36/h5-9,12-14,19H,1,10-11,15-16H2,2-4H3,(H2,29,30,31,32)/t19-/m0/s1. The van der Waals surface area contributed by atoms with Gasteiger partial charge in [-0.15, -0.1) is 0 Å². The summed E-state index contributed by atoms with van der Waals surface area (Å²) in [6, 6.07) is 11.5. The van der Waals surface area contributed by atoms with E-state index >= 15 is 0 Å². The van der Waals surface area contributed by atoms with Gasteiger partial charge in [0.15, 0.2) is 5.82 Å². The fraction of sp³-hybridized carbons (Fsp3) is 0.296. The number of benzene rings is 2. The molecule has 0 spiro atoms. The lowest BCUT2D eigenvalue weighted by Gasteiger charge is -2.46. The van der Waals surface area contributed by atoms with E-state index in [0.717, 1.165) is 34.5 Å². The fourth-order valence-electron chi connectivity index (χ4n) is 4.93. The molecular weight excluding hydrogens is 523 g/mol. The summed E-state index contributed by atoms with van der Waals surface area (Å²) in [5.74, 6) is 1.49. The predicted molar refractivity (Wildman–Crippen MR) is 154 cm³/mol. The Morgan fingerprint density at radius 1 is 1.24 bits per heavy atom. The number of hydrogen-bond acceptors (Lipinski definition) is 8. The van der Waals surface area contributed by atoms with Crippen LogP contribution in [0.5, 0.6) is 5.75 Å². The number of piperazine rings is 1. The normalized spacial score (nSPS) is 16.7. The first-order chi connectivity index (χ1) is 18.1. The number of carbonyl (C=O) groups is 1. The Hall–Kier alpha value is -3.55. The van der Waals surface area contributed by atoms with E-state index in [1.807, 2.05) is 48.2 Å². The minimum absolute atomic E-state index is 0.0505. The highest BCUT2D eigenvalue weighted by Crippen LogP contribution is 2.41. The average molecular weight is 553 g/mol. The molecule has 2 aromatic carbocycles. The zero-order valence-corrected chi connectivity index (χ0v) is 23.2. The van der Waals surface area contributed by atoms with Crippen LogP contribution in [-0.4, -0.2) is 66.4 Å². The Morgan fingerprint density at radius 2 is 2.03 bits per heavy atom. The maximum Gasteiger partial charge on any atom is 0.246 e. The molecule has 2 aliphatic rings. The molecule has 3 aromatic rings. The van der Waals surface area contributed by atoms with E-state index in [4.69, 9.17) is 16.3 Å². The van der Waals surface area contributed by atoms with Crippen molar-refractivity contribution in [1.29, 1.82) is 0 Å². The lowest BCUT2D eigenvalue weighted by Crippen LogP contribution is -2.58. The monoisotopic (exact) mass is 552 g/mol. The van der Waals surface area contributed by atoms with E-state index in [0.29, 0.717) is 42.2 Å². The van der Waals surface area contributed by atoms with Gasteiger partial charge in [0.25, 0.3) is 0 Å². The van der Waals surface area contributed by atoms with Crippen LogP contribution >= 0.6 is 18.7 Å². The van der Waals surface area contributed by atoms with Crippen LogP contribution in [-0.2, 0) is 9.36 Å². The number of rotatable bonds is 6. The van der Waals surface area contributed by atoms with Gasteiger partial charge < -0.3 is 29.7 Å². The molecule has 1 fully saturated rings. The number of aryl methyl sites for hydroxylation is 1. The first kappa shape index (κ1) is 26.1. The van der Waals surface area contributed by atoms with E-state index < -0.39 is 7.14 Å². The second kappa shape index (κ2) is 10.3. The summed E-state index contributed by atoms with van der Waals surface area (Å²) in [6.07, 6.45) is 2.89. The SMILES string of the molecule is C=CC(=O)N1CCN2c3c(C)cc(Nc4ncc(Cl)c(Nc5ccccc5P(C)(C)=O)n4)cc3OC[C@@H]2C1. The molecule has 0 bridgehead atoms. The molecule has 198 valence electrons. The van der Waals surface area contributed by atoms with Gasteiger partial charge in [-0.2, -0.15) is 4.98 Å². The highest BCUT2D eigenvalue weighted by molar-refractivity contribution is 7.70. The number of aromatic nitrogens is 2. The van der Waals surface area contributed by atoms with Crippen molar-refractivity contribution in [3.05, 3.63) is 65.8 Å². The van der Waals surface area contributed by atoms with E-state index in [-0.39, 0.29) is 11.9 Å². The summed E-state index contributed by atoms with van der Waals surface area (Å²) >= 11 is 6.40. The van der Waals surface area contributed by atoms with Crippen molar-refractivity contribution < 1.29 is 14.1 Å². The van der Waals surface area contributed by atoms with E-state index in [9.17, 15) is 9.36 Å². The maximum absolute atomic E-state index is 12.8. The Balaban J connectivity index is 1.37. The molecular formula is C27H30ClN6O3P. The minimum Gasteiger partial charge on any atom is -0.489 e. The van der Waals surface area contributed by atoms with Crippen LogP contribution in [0.4, 0.5) is 28.8 Å². The molecule has 1 amide bonds. The third-order valence-corrected chi connectivity index (χ3v) is 8.52. The molecule has 2 aliphatic heterocycles. The summed E-state index contributed by atoms with van der Waals surface area (Å²) in [4.78, 5) is 25.1. The number of hydrogen-bond donors (Lipinski definition) is 2. The Kier molecular flexibility index (Phi) is 7.07. The summed E-state index contributed by atoms with van der Waals surface area (Å²) in [5.41, 5.74) is 3.55. The van der Waals surface area contributed by atoms with Gasteiger partial charge in [-0.3, -0.25) is 4.79 Å². The Bertz CT molecular complexity index is 1460. The molecule has 0 saturated carbocycles. The first-order valence-corrected chi connectivity index (χ1v) is 15.3. The van der Waals surface area contributed by atoms with E-state index in [1.165, 1.54) is 12.3 Å². The summed E-state index contributed by atoms with van der Waals surface area (Å²) in [6.45, 7) is 11.6. The van der Waals surface area contributed by atoms with Gasteiger partial charge in [0.05, 0.1) is 23.6 Å². The number of halogens is 1. The van der Waals surface area contributed by atoms with Crippen molar-refractivity contribution >= 4 is 58.8 Å². The zero-order chi connectivity index (χ0) is 27.0. The van der Waals surface area contributed by atoms with Gasteiger partial charge in [0, 0.05) is 36.7 Å². The molecule has 0 radical (unpaired) electrons. The number of para-hydroxylation sites is 1. The number of anilines is 5. The molecule has 5 rings (SSSR count). The summed E-state index contributed by atoms with van der Waals surface area (Å²) in [7, 11) is -2.52. The van der Waals surface area contributed by atoms with Gasteiger partial charge in [-0.25, -0.2) is 4.98 Å². The van der Waals surface area contributed by atoms with Crippen LogP contribution in [0.1, 0.15) is 5.56 Å². The maximum atomic E-state index is 12.8. The molecule has 3 heterocycles. The zero-order valence-electron chi connectivity index (χ0n) is 21.6. The minimum atomic E-state index is -2.52. The van der Waals surface area contributed by atoms with Gasteiger partial charge in [0.1, 0.15) is 24.5 Å². The van der Waals surface area contributed by atoms with Crippen LogP contribution in [0, 0.1) is 6.92 Å². The lowest BCUT2D eigenvalue weighted by molar-refractivity contribution is -0.127. The molecule has 0 aliphatic carbocycles. The molecule has 1 atom stereocenters. The van der Waals surface area contributed by atoms with E-state index in [2.05, 4.69) is 32.1 Å². The smallest absolute Gasteiger partial charge is 0.246 e. The van der Waals surface area contributed by atoms with Crippen molar-refractivity contribution in [2.45, 2.75) is 13.0 Å². The van der Waals surface area contributed by atoms with E-state index in [1.54, 1.807) is 13.3 Å². The van der Waals surface area contributed by atoms with Gasteiger partial charge in [-0.1, -0.05) is 30.3 Å². The van der Waals surface area contributed by atoms with Crippen LogP contribution < -0.4 is 25.6 Å². The van der Waals surface area contributed by atoms with Gasteiger partial charge in [-0.05, 0) is 50.1 Å². The molecule has 0 unspecified atom stereocenters. The van der Waals surface area contributed by atoms with Crippen molar-refractivity contribution in [3.63, 3.8) is 0 Å². The van der Waals surface area contributed by atoms with Crippen LogP contribution in [0.25, 0.3) is 0 Å². The van der Waals surface area contributed by atoms with Gasteiger partial charge in [0.2, 0.25) is 11.9 Å². The highest BCUT2D eigenvalue weighted by atomic mass is 35.5. The fourth-order valence-corrected chi connectivity index (χ4v) is 6.22. The van der Waals surface area contributed by atoms with Crippen LogP contribution in [0.3, 0.4) is 0 Å². The number of amides is 1. The largest absolute Gasteiger partial charge is 0.489 e. The quantitative estimate of drug-likeness (QED) is 0.333. The molecule has 9 nitrogen and oxygen atoms in total. The summed E-state index contributed by atoms with van der Waals surface area (Å²) < 4.78 is 18.9. The number of ether oxygens (including phenoxy) is 1. The van der Waals surface area contributed by atoms with Crippen LogP contribution in [0.15, 0.2) is 55.3 Å². The second-order valence-corrected chi connectivity index (χ2v) is 13.4. The van der Waals surface area contributed by atoms with Crippen molar-refractivity contribution in [3.8, 4) is 5.75 Å². The number of nitrogens with one attached hydrogen (secondary N) is 2. The van der Waals surface area contributed by atoms with Crippen molar-refractivity contribution in [2.75, 3.05) is 55.1 Å². The molecule has 1 saturated heterocycles. The van der Waals surface area contributed by atoms with Gasteiger partial charge >= 0.3 is 0 Å². The topological polar surface area (TPSA) is 99.7 Å². The molecule has 11 heteroatoms. The summed E-state index contributed by atoms with van der Waals surface area (Å²) in [5, 5.41) is 7.54. The third-order valence-electron chi connectivity index (χ3n) is 6.69. The molecule has 2 N–H and O–H groups in total. The second-order valence-electron chi connectivity index (χ2n) is 9.79. The Morgan fingerprint density at radius 3 is 2.79 bits per heavy atom.